The summed E-state index contributed by atoms with van der Waals surface area (Å²) >= 11 is 0. The van der Waals surface area contributed by atoms with Gasteiger partial charge in [-0.25, -0.2) is 4.79 Å². The van der Waals surface area contributed by atoms with Crippen LogP contribution in [0.2, 0.25) is 0 Å². The third-order valence-electron chi connectivity index (χ3n) is 9.41. The molecule has 0 amide bonds. The molecule has 6 rings (SSSR count). The van der Waals surface area contributed by atoms with Gasteiger partial charge in [-0.05, 0) is 81.7 Å². The van der Waals surface area contributed by atoms with Crippen LogP contribution in [-0.4, -0.2) is 66.0 Å². The zero-order valence-corrected chi connectivity index (χ0v) is 24.3. The van der Waals surface area contributed by atoms with E-state index in [2.05, 4.69) is 58.5 Å². The zero-order valence-electron chi connectivity index (χ0n) is 24.3. The van der Waals surface area contributed by atoms with Crippen LogP contribution in [0.25, 0.3) is 22.2 Å². The second-order valence-corrected chi connectivity index (χ2v) is 12.5. The largest absolute Gasteiger partial charge is 0.478 e. The van der Waals surface area contributed by atoms with Crippen molar-refractivity contribution in [3.63, 3.8) is 0 Å². The zero-order chi connectivity index (χ0) is 27.6. The predicted molar refractivity (Wildman–Crippen MR) is 169 cm³/mol. The Morgan fingerprint density at radius 3 is 2.56 bits per heavy atom. The van der Waals surface area contributed by atoms with Crippen LogP contribution < -0.4 is 4.90 Å². The molecule has 2 aliphatic heterocycles. The number of piperidine rings is 1. The number of hydrogen-bond donors (Lipinski definition) is 1. The number of rotatable bonds is 8. The molecular formula is C35H49N3O3. The van der Waals surface area contributed by atoms with Gasteiger partial charge in [-0.15, -0.1) is 0 Å². The fourth-order valence-electron chi connectivity index (χ4n) is 7.44. The van der Waals surface area contributed by atoms with Crippen molar-refractivity contribution in [2.45, 2.75) is 84.8 Å². The molecule has 6 heteroatoms. The van der Waals surface area contributed by atoms with Gasteiger partial charge in [-0.1, -0.05) is 51.0 Å². The van der Waals surface area contributed by atoms with Gasteiger partial charge in [-0.2, -0.15) is 0 Å². The van der Waals surface area contributed by atoms with Crippen LogP contribution in [0.1, 0.15) is 88.1 Å². The van der Waals surface area contributed by atoms with Gasteiger partial charge in [0.2, 0.25) is 0 Å². The molecule has 1 unspecified atom stereocenters. The van der Waals surface area contributed by atoms with Crippen LogP contribution in [0.15, 0.2) is 42.5 Å². The van der Waals surface area contributed by atoms with Crippen molar-refractivity contribution in [1.82, 2.24) is 9.47 Å². The maximum Gasteiger partial charge on any atom is 0.335 e. The van der Waals surface area contributed by atoms with E-state index in [-0.39, 0.29) is 7.43 Å². The SMILES string of the molecule is C.CC(C)OCC1CCCN(CCN2CCn3c(c(C4CCCCC4)c4ccc(C(=O)O)cc43)-c3ccccc32)C1. The monoisotopic (exact) mass is 559 g/mol. The number of fused-ring (bicyclic) bond motifs is 5. The van der Waals surface area contributed by atoms with Crippen molar-refractivity contribution in [1.29, 1.82) is 0 Å². The first-order valence-corrected chi connectivity index (χ1v) is 15.6. The Kier molecular flexibility index (Phi) is 9.40. The van der Waals surface area contributed by atoms with Crippen molar-refractivity contribution < 1.29 is 14.6 Å². The molecule has 3 aromatic rings. The summed E-state index contributed by atoms with van der Waals surface area (Å²) in [7, 11) is 0. The normalized spacial score (nSPS) is 20.0. The highest BCUT2D eigenvalue weighted by molar-refractivity contribution is 5.99. The quantitative estimate of drug-likeness (QED) is 0.307. The molecule has 1 atom stereocenters. The first kappa shape index (κ1) is 29.7. The fraction of sp³-hybridized carbons (Fsp3) is 0.571. The number of carboxylic acids is 1. The van der Waals surface area contributed by atoms with E-state index in [0.717, 1.165) is 44.8 Å². The van der Waals surface area contributed by atoms with Gasteiger partial charge >= 0.3 is 5.97 Å². The maximum atomic E-state index is 11.9. The highest BCUT2D eigenvalue weighted by Gasteiger charge is 2.31. The topological polar surface area (TPSA) is 57.9 Å². The second kappa shape index (κ2) is 13.0. The summed E-state index contributed by atoms with van der Waals surface area (Å²) in [6.45, 7) is 11.2. The first-order chi connectivity index (χ1) is 19.5. The minimum Gasteiger partial charge on any atom is -0.478 e. The molecule has 1 aromatic heterocycles. The molecule has 3 aliphatic rings. The number of aromatic nitrogens is 1. The third kappa shape index (κ3) is 6.19. The third-order valence-corrected chi connectivity index (χ3v) is 9.41. The molecule has 222 valence electrons. The molecule has 1 saturated carbocycles. The Balaban J connectivity index is 0.00000337. The second-order valence-electron chi connectivity index (χ2n) is 12.5. The summed E-state index contributed by atoms with van der Waals surface area (Å²) in [6.07, 6.45) is 9.11. The van der Waals surface area contributed by atoms with E-state index >= 15 is 0 Å². The number of para-hydroxylation sites is 1. The van der Waals surface area contributed by atoms with E-state index in [1.807, 2.05) is 6.07 Å². The number of carbonyl (C=O) groups is 1. The maximum absolute atomic E-state index is 11.9. The van der Waals surface area contributed by atoms with Crippen LogP contribution in [0.5, 0.6) is 0 Å². The van der Waals surface area contributed by atoms with Gasteiger partial charge in [0.25, 0.3) is 0 Å². The number of carboxylic acid groups (broad SMARTS) is 1. The van der Waals surface area contributed by atoms with Gasteiger partial charge in [0.15, 0.2) is 0 Å². The van der Waals surface area contributed by atoms with Crippen molar-refractivity contribution in [2.24, 2.45) is 5.92 Å². The standard InChI is InChI=1S/C34H45N3O3.CH4/c1-24(2)40-23-25-9-8-16-35(22-25)17-18-36-19-20-37-31-21-27(34(38)39)14-15-28(31)32(26-10-4-3-5-11-26)33(37)29-12-6-7-13-30(29)36;/h6-7,12-15,21,24-26H,3-5,8-11,16-20,22-23H2,1-2H3,(H,38,39);1H4. The highest BCUT2D eigenvalue weighted by atomic mass is 16.5. The van der Waals surface area contributed by atoms with Gasteiger partial charge in [0.05, 0.1) is 24.0 Å². The lowest BCUT2D eigenvalue weighted by molar-refractivity contribution is 0.0266. The van der Waals surface area contributed by atoms with Crippen LogP contribution >= 0.6 is 0 Å². The summed E-state index contributed by atoms with van der Waals surface area (Å²) in [6, 6.07) is 14.7. The number of benzene rings is 2. The summed E-state index contributed by atoms with van der Waals surface area (Å²) in [4.78, 5) is 17.2. The lowest BCUT2D eigenvalue weighted by Crippen LogP contribution is -2.42. The lowest BCUT2D eigenvalue weighted by atomic mass is 9.81. The molecule has 2 aromatic carbocycles. The lowest BCUT2D eigenvalue weighted by Gasteiger charge is -2.35. The molecule has 3 heterocycles. The molecule has 1 aliphatic carbocycles. The minimum atomic E-state index is -0.856. The Morgan fingerprint density at radius 2 is 1.78 bits per heavy atom. The van der Waals surface area contributed by atoms with Gasteiger partial charge in [0.1, 0.15) is 0 Å². The molecule has 41 heavy (non-hydrogen) atoms. The number of aromatic carboxylic acids is 1. The molecule has 2 fully saturated rings. The molecule has 0 spiro atoms. The Hall–Kier alpha value is -2.83. The minimum absolute atomic E-state index is 0. The van der Waals surface area contributed by atoms with E-state index < -0.39 is 5.97 Å². The molecule has 1 saturated heterocycles. The van der Waals surface area contributed by atoms with Crippen LogP contribution in [-0.2, 0) is 11.3 Å². The molecule has 0 bridgehead atoms. The van der Waals surface area contributed by atoms with Gasteiger partial charge in [-0.3, -0.25) is 0 Å². The predicted octanol–water partition coefficient (Wildman–Crippen LogP) is 7.65. The smallest absolute Gasteiger partial charge is 0.335 e. The number of hydrogen-bond acceptors (Lipinski definition) is 4. The van der Waals surface area contributed by atoms with Crippen molar-refractivity contribution >= 4 is 22.6 Å². The number of nitrogens with zero attached hydrogens (tertiary/aromatic N) is 3. The fourth-order valence-corrected chi connectivity index (χ4v) is 7.44. The van der Waals surface area contributed by atoms with Gasteiger partial charge in [0, 0.05) is 54.9 Å². The van der Waals surface area contributed by atoms with Crippen molar-refractivity contribution in [3.05, 3.63) is 53.6 Å². The van der Waals surface area contributed by atoms with Crippen molar-refractivity contribution in [2.75, 3.05) is 44.2 Å². The van der Waals surface area contributed by atoms with Crippen LogP contribution in [0.4, 0.5) is 5.69 Å². The first-order valence-electron chi connectivity index (χ1n) is 15.6. The van der Waals surface area contributed by atoms with Crippen LogP contribution in [0, 0.1) is 5.92 Å². The molecule has 0 radical (unpaired) electrons. The molecule has 1 N–H and O–H groups in total. The number of likely N-dealkylation sites (tertiary alicyclic amines) is 1. The molecular weight excluding hydrogens is 510 g/mol. The van der Waals surface area contributed by atoms with E-state index in [4.69, 9.17) is 4.74 Å². The van der Waals surface area contributed by atoms with Crippen molar-refractivity contribution in [3.8, 4) is 11.3 Å². The van der Waals surface area contributed by atoms with Gasteiger partial charge < -0.3 is 24.2 Å². The Morgan fingerprint density at radius 1 is 0.976 bits per heavy atom. The Labute approximate surface area is 246 Å². The molecule has 6 nitrogen and oxygen atoms in total. The Bertz CT molecular complexity index is 1340. The number of anilines is 1. The van der Waals surface area contributed by atoms with E-state index in [0.29, 0.717) is 23.5 Å². The van der Waals surface area contributed by atoms with E-state index in [1.54, 1.807) is 6.07 Å². The highest BCUT2D eigenvalue weighted by Crippen LogP contribution is 2.47. The summed E-state index contributed by atoms with van der Waals surface area (Å²) in [5, 5.41) is 11.1. The summed E-state index contributed by atoms with van der Waals surface area (Å²) < 4.78 is 8.41. The average Bonchev–Trinajstić information content (AvgIpc) is 3.20. The number of ether oxygens (including phenoxy) is 1. The van der Waals surface area contributed by atoms with E-state index in [1.165, 1.54) is 79.4 Å². The summed E-state index contributed by atoms with van der Waals surface area (Å²) in [5.41, 5.74) is 6.85. The summed E-state index contributed by atoms with van der Waals surface area (Å²) in [5.74, 6) is 0.299. The van der Waals surface area contributed by atoms with Crippen LogP contribution in [0.3, 0.4) is 0 Å². The van der Waals surface area contributed by atoms with E-state index in [9.17, 15) is 9.90 Å². The average molecular weight is 560 g/mol.